The minimum Gasteiger partial charge on any atom is -0.433 e. The molecule has 3 rings (SSSR count). The van der Waals surface area contributed by atoms with Crippen molar-refractivity contribution in [3.05, 3.63) is 63.0 Å². The lowest BCUT2D eigenvalue weighted by molar-refractivity contribution is -0.0497. The van der Waals surface area contributed by atoms with Gasteiger partial charge in [0, 0.05) is 23.3 Å². The number of carbonyl (C=O) groups excluding carboxylic acids is 1. The summed E-state index contributed by atoms with van der Waals surface area (Å²) < 4.78 is 29.0. The third kappa shape index (κ3) is 4.35. The summed E-state index contributed by atoms with van der Waals surface area (Å²) >= 11 is 12.9. The molecule has 0 spiro atoms. The summed E-state index contributed by atoms with van der Waals surface area (Å²) in [7, 11) is 1.69. The second kappa shape index (κ2) is 8.30. The summed E-state index contributed by atoms with van der Waals surface area (Å²) in [6.07, 6.45) is 0. The van der Waals surface area contributed by atoms with E-state index in [-0.39, 0.29) is 27.3 Å². The van der Waals surface area contributed by atoms with Crippen molar-refractivity contribution in [3.8, 4) is 5.75 Å². The van der Waals surface area contributed by atoms with Crippen LogP contribution in [-0.4, -0.2) is 24.4 Å². The third-order valence-electron chi connectivity index (χ3n) is 3.76. The minimum absolute atomic E-state index is 0.0200. The Bertz CT molecular complexity index is 1010. The van der Waals surface area contributed by atoms with E-state index >= 15 is 0 Å². The number of nitrogens with zero attached hydrogens (tertiary/aromatic N) is 2. The highest BCUT2D eigenvalue weighted by Crippen LogP contribution is 2.36. The van der Waals surface area contributed by atoms with Crippen molar-refractivity contribution >= 4 is 57.0 Å². The van der Waals surface area contributed by atoms with Crippen LogP contribution in [0.15, 0.2) is 42.5 Å². The molecule has 0 amide bonds. The number of aromatic nitrogens is 1. The Morgan fingerprint density at radius 2 is 1.89 bits per heavy atom. The first-order valence-corrected chi connectivity index (χ1v) is 9.38. The number of ether oxygens (including phenoxy) is 1. The van der Waals surface area contributed by atoms with Gasteiger partial charge in [0.05, 0.1) is 5.02 Å². The van der Waals surface area contributed by atoms with Crippen LogP contribution in [0, 0.1) is 0 Å². The topological polar surface area (TPSA) is 68.4 Å². The maximum Gasteiger partial charge on any atom is 0.387 e. The molecule has 0 radical (unpaired) electrons. The number of rotatable bonds is 6. The molecule has 0 saturated carbocycles. The number of thiazole rings is 1. The van der Waals surface area contributed by atoms with E-state index in [0.717, 1.165) is 11.3 Å². The quantitative estimate of drug-likeness (QED) is 0.499. The summed E-state index contributed by atoms with van der Waals surface area (Å²) in [5.74, 6) is -0.313. The monoisotopic (exact) mass is 443 g/mol. The van der Waals surface area contributed by atoms with E-state index in [0.29, 0.717) is 21.4 Å². The molecule has 0 aliphatic heterocycles. The fourth-order valence-electron chi connectivity index (χ4n) is 2.36. The second-order valence-corrected chi connectivity index (χ2v) is 7.42. The highest BCUT2D eigenvalue weighted by Gasteiger charge is 2.21. The van der Waals surface area contributed by atoms with E-state index in [1.54, 1.807) is 42.3 Å². The SMILES string of the molecule is CN(c1ccc(OC(F)F)c(Cl)c1)c1nc(N)c(C(=O)c2ccc(Cl)cc2)s1. The summed E-state index contributed by atoms with van der Waals surface area (Å²) in [4.78, 5) is 18.8. The second-order valence-electron chi connectivity index (χ2n) is 5.60. The van der Waals surface area contributed by atoms with Crippen LogP contribution in [0.2, 0.25) is 10.0 Å². The first-order valence-electron chi connectivity index (χ1n) is 7.81. The van der Waals surface area contributed by atoms with Crippen molar-refractivity contribution < 1.29 is 18.3 Å². The van der Waals surface area contributed by atoms with Gasteiger partial charge < -0.3 is 15.4 Å². The number of ketones is 1. The molecular weight excluding hydrogens is 431 g/mol. The highest BCUT2D eigenvalue weighted by atomic mass is 35.5. The Morgan fingerprint density at radius 1 is 1.21 bits per heavy atom. The van der Waals surface area contributed by atoms with Crippen molar-refractivity contribution in [2.24, 2.45) is 0 Å². The predicted octanol–water partition coefficient (Wildman–Crippen LogP) is 5.63. The Kier molecular flexibility index (Phi) is 6.02. The van der Waals surface area contributed by atoms with Crippen molar-refractivity contribution in [2.75, 3.05) is 17.7 Å². The molecule has 146 valence electrons. The average molecular weight is 444 g/mol. The molecule has 0 aliphatic rings. The molecule has 0 bridgehead atoms. The zero-order valence-corrected chi connectivity index (χ0v) is 16.7. The van der Waals surface area contributed by atoms with Gasteiger partial charge in [-0.1, -0.05) is 34.5 Å². The van der Waals surface area contributed by atoms with Crippen molar-refractivity contribution in [2.45, 2.75) is 6.61 Å². The molecule has 0 saturated heterocycles. The highest BCUT2D eigenvalue weighted by molar-refractivity contribution is 7.18. The summed E-state index contributed by atoms with van der Waals surface area (Å²) in [6.45, 7) is -2.97. The number of carbonyl (C=O) groups is 1. The van der Waals surface area contributed by atoms with E-state index in [2.05, 4.69) is 9.72 Å². The average Bonchev–Trinajstić information content (AvgIpc) is 3.04. The fourth-order valence-corrected chi connectivity index (χ4v) is 3.63. The third-order valence-corrected chi connectivity index (χ3v) is 5.45. The standard InChI is InChI=1S/C18H13Cl2F2N3O2S/c1-25(11-6-7-13(12(20)8-11)27-17(21)22)18-24-16(23)15(28-18)14(26)9-2-4-10(19)5-3-9/h2-8,17H,23H2,1H3. The molecular formula is C18H13Cl2F2N3O2S. The largest absolute Gasteiger partial charge is 0.433 e. The van der Waals surface area contributed by atoms with Crippen molar-refractivity contribution in [1.29, 1.82) is 0 Å². The van der Waals surface area contributed by atoms with Crippen molar-refractivity contribution in [3.63, 3.8) is 0 Å². The van der Waals surface area contributed by atoms with Crippen LogP contribution in [0.4, 0.5) is 25.4 Å². The number of benzene rings is 2. The van der Waals surface area contributed by atoms with Gasteiger partial charge in [0.15, 0.2) is 5.13 Å². The zero-order valence-electron chi connectivity index (χ0n) is 14.3. The molecule has 0 aliphatic carbocycles. The van der Waals surface area contributed by atoms with Gasteiger partial charge >= 0.3 is 6.61 Å². The number of anilines is 3. The number of hydrogen-bond donors (Lipinski definition) is 1. The molecule has 2 N–H and O–H groups in total. The summed E-state index contributed by atoms with van der Waals surface area (Å²) in [5, 5.41) is 0.977. The lowest BCUT2D eigenvalue weighted by Crippen LogP contribution is -2.09. The van der Waals surface area contributed by atoms with Crippen LogP contribution in [-0.2, 0) is 0 Å². The number of halogens is 4. The van der Waals surface area contributed by atoms with Gasteiger partial charge in [-0.15, -0.1) is 0 Å². The maximum atomic E-state index is 12.7. The lowest BCUT2D eigenvalue weighted by atomic mass is 10.1. The Balaban J connectivity index is 1.86. The molecule has 5 nitrogen and oxygen atoms in total. The molecule has 3 aromatic rings. The molecule has 0 fully saturated rings. The van der Waals surface area contributed by atoms with Gasteiger partial charge in [-0.2, -0.15) is 8.78 Å². The molecule has 1 aromatic heterocycles. The van der Waals surface area contributed by atoms with E-state index in [9.17, 15) is 13.6 Å². The zero-order chi connectivity index (χ0) is 20.4. The lowest BCUT2D eigenvalue weighted by Gasteiger charge is -2.17. The van der Waals surface area contributed by atoms with Crippen LogP contribution >= 0.6 is 34.5 Å². The van der Waals surface area contributed by atoms with Crippen LogP contribution in [0.5, 0.6) is 5.75 Å². The van der Waals surface area contributed by atoms with Crippen LogP contribution in [0.25, 0.3) is 0 Å². The van der Waals surface area contributed by atoms with E-state index in [1.165, 1.54) is 12.1 Å². The Hall–Kier alpha value is -2.42. The number of alkyl halides is 2. The van der Waals surface area contributed by atoms with Gasteiger partial charge in [-0.05, 0) is 42.5 Å². The van der Waals surface area contributed by atoms with Gasteiger partial charge in [-0.3, -0.25) is 4.79 Å². The normalized spacial score (nSPS) is 10.9. The van der Waals surface area contributed by atoms with Crippen molar-refractivity contribution in [1.82, 2.24) is 4.98 Å². The predicted molar refractivity (Wildman–Crippen MR) is 108 cm³/mol. The number of nitrogens with two attached hydrogens (primary N) is 1. The summed E-state index contributed by atoms with van der Waals surface area (Å²) in [6, 6.07) is 10.8. The molecule has 2 aromatic carbocycles. The van der Waals surface area contributed by atoms with Gasteiger partial charge in [0.25, 0.3) is 0 Å². The molecule has 0 unspecified atom stereocenters. The van der Waals surface area contributed by atoms with Gasteiger partial charge in [0.1, 0.15) is 16.4 Å². The van der Waals surface area contributed by atoms with Gasteiger partial charge in [0.2, 0.25) is 5.78 Å². The van der Waals surface area contributed by atoms with Crippen LogP contribution in [0.3, 0.4) is 0 Å². The molecule has 28 heavy (non-hydrogen) atoms. The Labute approximate surface area is 173 Å². The Morgan fingerprint density at radius 3 is 2.50 bits per heavy atom. The van der Waals surface area contributed by atoms with Crippen LogP contribution < -0.4 is 15.4 Å². The van der Waals surface area contributed by atoms with Gasteiger partial charge in [-0.25, -0.2) is 4.98 Å². The maximum absolute atomic E-state index is 12.7. The van der Waals surface area contributed by atoms with Crippen LogP contribution in [0.1, 0.15) is 15.2 Å². The van der Waals surface area contributed by atoms with E-state index in [4.69, 9.17) is 28.9 Å². The smallest absolute Gasteiger partial charge is 0.387 e. The first kappa shape index (κ1) is 20.3. The molecule has 1 heterocycles. The van der Waals surface area contributed by atoms with E-state index in [1.807, 2.05) is 0 Å². The minimum atomic E-state index is -2.97. The first-order chi connectivity index (χ1) is 13.3. The fraction of sp³-hybridized carbons (Fsp3) is 0.111. The summed E-state index contributed by atoms with van der Waals surface area (Å²) in [5.41, 5.74) is 6.93. The van der Waals surface area contributed by atoms with E-state index < -0.39 is 6.61 Å². The molecule has 10 heteroatoms. The number of nitrogen functional groups attached to an aromatic ring is 1. The molecule has 0 atom stereocenters. The number of hydrogen-bond acceptors (Lipinski definition) is 6.